The summed E-state index contributed by atoms with van der Waals surface area (Å²) in [6, 6.07) is 16.1. The van der Waals surface area contributed by atoms with Gasteiger partial charge >= 0.3 is 5.97 Å². The molecule has 0 N–H and O–H groups in total. The monoisotopic (exact) mass is 584 g/mol. The van der Waals surface area contributed by atoms with Gasteiger partial charge in [0.25, 0.3) is 0 Å². The fourth-order valence-corrected chi connectivity index (χ4v) is 5.75. The first-order chi connectivity index (χ1) is 19.0. The zero-order valence-corrected chi connectivity index (χ0v) is 28.0. The van der Waals surface area contributed by atoms with Gasteiger partial charge in [-0.05, 0) is 107 Å². The highest BCUT2D eigenvalue weighted by Gasteiger charge is 2.41. The van der Waals surface area contributed by atoms with Crippen LogP contribution in [0.2, 0.25) is 18.1 Å². The van der Waals surface area contributed by atoms with Gasteiger partial charge in [-0.2, -0.15) is 0 Å². The second kappa shape index (κ2) is 12.9. The molecule has 0 spiro atoms. The number of benzene rings is 2. The van der Waals surface area contributed by atoms with Crippen LogP contribution in [-0.2, 0) is 24.6 Å². The van der Waals surface area contributed by atoms with Crippen LogP contribution in [0.5, 0.6) is 17.2 Å². The maximum Gasteiger partial charge on any atom is 0.332 e. The summed E-state index contributed by atoms with van der Waals surface area (Å²) in [6.45, 7) is 22.3. The summed E-state index contributed by atoms with van der Waals surface area (Å²) in [5.74, 6) is 2.05. The van der Waals surface area contributed by atoms with E-state index in [1.165, 1.54) is 0 Å². The van der Waals surface area contributed by atoms with Crippen molar-refractivity contribution in [3.05, 3.63) is 54.1 Å². The Balaban J connectivity index is 1.60. The lowest BCUT2D eigenvalue weighted by molar-refractivity contribution is -0.161. The molecule has 0 amide bonds. The van der Waals surface area contributed by atoms with Crippen molar-refractivity contribution in [3.8, 4) is 17.2 Å². The van der Waals surface area contributed by atoms with E-state index in [0.717, 1.165) is 48.5 Å². The summed E-state index contributed by atoms with van der Waals surface area (Å²) >= 11 is 0. The van der Waals surface area contributed by atoms with Crippen molar-refractivity contribution in [1.82, 2.24) is 0 Å². The molecule has 1 fully saturated rings. The van der Waals surface area contributed by atoms with Gasteiger partial charge in [0.2, 0.25) is 8.32 Å². The highest BCUT2D eigenvalue weighted by molar-refractivity contribution is 6.74. The highest BCUT2D eigenvalue weighted by Crippen LogP contribution is 2.46. The predicted octanol–water partition coefficient (Wildman–Crippen LogP) is 9.03. The van der Waals surface area contributed by atoms with Gasteiger partial charge in [-0.3, -0.25) is 0 Å². The largest absolute Gasteiger partial charge is 0.543 e. The van der Waals surface area contributed by atoms with Gasteiger partial charge in [0.1, 0.15) is 29.5 Å². The van der Waals surface area contributed by atoms with Crippen LogP contribution in [0.4, 0.5) is 0 Å². The Labute approximate surface area is 249 Å². The van der Waals surface area contributed by atoms with Gasteiger partial charge < -0.3 is 23.4 Å². The maximum absolute atomic E-state index is 12.0. The molecule has 0 aliphatic carbocycles. The maximum atomic E-state index is 12.0. The first-order valence-electron chi connectivity index (χ1n) is 15.0. The van der Waals surface area contributed by atoms with E-state index < -0.39 is 19.5 Å². The van der Waals surface area contributed by atoms with Crippen molar-refractivity contribution in [2.24, 2.45) is 5.41 Å². The van der Waals surface area contributed by atoms with E-state index in [1.807, 2.05) is 57.2 Å². The molecule has 7 heteroatoms. The average Bonchev–Trinajstić information content (AvgIpc) is 2.86. The molecule has 1 aliphatic rings. The van der Waals surface area contributed by atoms with E-state index in [1.54, 1.807) is 0 Å². The van der Waals surface area contributed by atoms with Gasteiger partial charge in [-0.15, -0.1) is 0 Å². The molecule has 0 aromatic heterocycles. The normalized spacial score (nSPS) is 21.8. The van der Waals surface area contributed by atoms with Crippen molar-refractivity contribution in [1.29, 1.82) is 0 Å². The molecule has 1 aliphatic heterocycles. The summed E-state index contributed by atoms with van der Waals surface area (Å²) in [4.78, 5) is 12.0. The van der Waals surface area contributed by atoms with Crippen LogP contribution in [-0.4, -0.2) is 39.7 Å². The Morgan fingerprint density at radius 1 is 0.951 bits per heavy atom. The number of ether oxygens (including phenoxy) is 4. The molecular weight excluding hydrogens is 532 g/mol. The van der Waals surface area contributed by atoms with Crippen LogP contribution < -0.4 is 9.16 Å². The molecule has 2 aromatic rings. The number of hydrogen-bond donors (Lipinski definition) is 0. The minimum atomic E-state index is -1.94. The Hall–Kier alpha value is -2.35. The topological polar surface area (TPSA) is 63.2 Å². The third kappa shape index (κ3) is 9.32. The molecule has 1 heterocycles. The van der Waals surface area contributed by atoms with Crippen molar-refractivity contribution in [2.45, 2.75) is 110 Å². The Morgan fingerprint density at radius 2 is 1.59 bits per heavy atom. The summed E-state index contributed by atoms with van der Waals surface area (Å²) in [5.41, 5.74) is 0.238. The third-order valence-electron chi connectivity index (χ3n) is 8.66. The molecule has 1 saturated heterocycles. The van der Waals surface area contributed by atoms with Crippen LogP contribution >= 0.6 is 0 Å². The molecule has 0 radical (unpaired) electrons. The van der Waals surface area contributed by atoms with Crippen LogP contribution in [0, 0.1) is 5.41 Å². The van der Waals surface area contributed by atoms with E-state index in [0.29, 0.717) is 13.2 Å². The van der Waals surface area contributed by atoms with Crippen molar-refractivity contribution >= 4 is 14.3 Å². The zero-order chi connectivity index (χ0) is 30.5. The number of rotatable bonds is 11. The minimum Gasteiger partial charge on any atom is -0.543 e. The molecular formula is C34H52O6Si. The van der Waals surface area contributed by atoms with Crippen LogP contribution in [0.25, 0.3) is 0 Å². The van der Waals surface area contributed by atoms with Crippen molar-refractivity contribution in [2.75, 3.05) is 19.8 Å². The van der Waals surface area contributed by atoms with Gasteiger partial charge in [0.15, 0.2) is 0 Å². The zero-order valence-electron chi connectivity index (χ0n) is 27.0. The van der Waals surface area contributed by atoms with Crippen molar-refractivity contribution < 1.29 is 28.2 Å². The van der Waals surface area contributed by atoms with Crippen LogP contribution in [0.1, 0.15) is 86.6 Å². The van der Waals surface area contributed by atoms with E-state index in [2.05, 4.69) is 59.8 Å². The van der Waals surface area contributed by atoms with Gasteiger partial charge in [-0.25, -0.2) is 4.79 Å². The highest BCUT2D eigenvalue weighted by atomic mass is 28.4. The molecule has 0 saturated carbocycles. The molecule has 3 rings (SSSR count). The summed E-state index contributed by atoms with van der Waals surface area (Å²) in [5, 5.41) is 0.121. The SMILES string of the molecule is CCC1(CCOCC(=O)OC(C)(C)C)CCC(C)(c2cccc(Oc3cccc(O[Si](C)(C)C(C)(C)C)c3)c2)OC1. The van der Waals surface area contributed by atoms with Gasteiger partial charge in [0.05, 0.1) is 12.2 Å². The first-order valence-corrected chi connectivity index (χ1v) is 17.9. The molecule has 6 nitrogen and oxygen atoms in total. The molecule has 2 atom stereocenters. The molecule has 0 bridgehead atoms. The average molecular weight is 585 g/mol. The van der Waals surface area contributed by atoms with E-state index in [4.69, 9.17) is 23.4 Å². The Bertz CT molecular complexity index is 1150. The lowest BCUT2D eigenvalue weighted by Crippen LogP contribution is -2.43. The number of hydrogen-bond acceptors (Lipinski definition) is 6. The summed E-state index contributed by atoms with van der Waals surface area (Å²) < 4.78 is 30.4. The fraction of sp³-hybridized carbons (Fsp3) is 0.618. The smallest absolute Gasteiger partial charge is 0.332 e. The summed E-state index contributed by atoms with van der Waals surface area (Å²) in [7, 11) is -1.94. The van der Waals surface area contributed by atoms with Crippen molar-refractivity contribution in [3.63, 3.8) is 0 Å². The van der Waals surface area contributed by atoms with E-state index in [-0.39, 0.29) is 23.0 Å². The second-order valence-electron chi connectivity index (χ2n) is 14.2. The number of carbonyl (C=O) groups is 1. The number of carbonyl (C=O) groups excluding carboxylic acids is 1. The number of esters is 1. The quantitative estimate of drug-likeness (QED) is 0.149. The Kier molecular flexibility index (Phi) is 10.4. The second-order valence-corrected chi connectivity index (χ2v) is 19.0. The van der Waals surface area contributed by atoms with Gasteiger partial charge in [0, 0.05) is 12.7 Å². The van der Waals surface area contributed by atoms with Crippen LogP contribution in [0.15, 0.2) is 48.5 Å². The standard InChI is InChI=1S/C34H52O6Si/c1-11-34(20-21-36-24-30(35)39-31(2,3)4)19-18-33(8,37-25-34)26-14-12-15-27(22-26)38-28-16-13-17-29(23-28)40-41(9,10)32(5,6)7/h12-17,22-23H,11,18-21,24-25H2,1-10H3. The van der Waals surface area contributed by atoms with E-state index in [9.17, 15) is 4.79 Å². The minimum absolute atomic E-state index is 0.0201. The van der Waals surface area contributed by atoms with E-state index >= 15 is 0 Å². The third-order valence-corrected chi connectivity index (χ3v) is 13.0. The molecule has 41 heavy (non-hydrogen) atoms. The lowest BCUT2D eigenvalue weighted by atomic mass is 9.72. The van der Waals surface area contributed by atoms with Crippen LogP contribution in [0.3, 0.4) is 0 Å². The molecule has 2 aromatic carbocycles. The Morgan fingerprint density at radius 3 is 2.17 bits per heavy atom. The molecule has 228 valence electrons. The summed E-state index contributed by atoms with van der Waals surface area (Å²) in [6.07, 6.45) is 3.76. The first kappa shape index (κ1) is 33.2. The predicted molar refractivity (Wildman–Crippen MR) is 167 cm³/mol. The van der Waals surface area contributed by atoms with Gasteiger partial charge in [-0.1, -0.05) is 45.9 Å². The molecule has 2 unspecified atom stereocenters. The lowest BCUT2D eigenvalue weighted by Gasteiger charge is -2.45. The fourth-order valence-electron chi connectivity index (χ4n) is 4.73.